The lowest BCUT2D eigenvalue weighted by molar-refractivity contribution is -0.149. The predicted molar refractivity (Wildman–Crippen MR) is 78.3 cm³/mol. The van der Waals surface area contributed by atoms with Crippen LogP contribution >= 0.6 is 0 Å². The van der Waals surface area contributed by atoms with E-state index in [1.165, 1.54) is 4.90 Å². The Hall–Kier alpha value is -1.79. The summed E-state index contributed by atoms with van der Waals surface area (Å²) in [6.07, 6.45) is 2.67. The molecule has 3 atom stereocenters. The number of fused-ring (bicyclic) bond motifs is 1. The second kappa shape index (κ2) is 6.14. The molecular weight excluding hydrogens is 288 g/mol. The van der Waals surface area contributed by atoms with Crippen molar-refractivity contribution in [1.82, 2.24) is 10.2 Å². The minimum absolute atomic E-state index is 0.00552. The summed E-state index contributed by atoms with van der Waals surface area (Å²) in [5.74, 6) is -1.06. The highest BCUT2D eigenvalue weighted by Crippen LogP contribution is 2.41. The van der Waals surface area contributed by atoms with Crippen LogP contribution in [0.25, 0.3) is 0 Å². The smallest absolute Gasteiger partial charge is 0.408 e. The van der Waals surface area contributed by atoms with Crippen LogP contribution in [0.5, 0.6) is 0 Å². The Morgan fingerprint density at radius 1 is 1.27 bits per heavy atom. The molecule has 2 rings (SSSR count). The first-order chi connectivity index (χ1) is 10.2. The molecule has 1 heterocycles. The third-order valence-corrected chi connectivity index (χ3v) is 4.19. The van der Waals surface area contributed by atoms with Gasteiger partial charge in [-0.15, -0.1) is 0 Å². The molecule has 22 heavy (non-hydrogen) atoms. The summed E-state index contributed by atoms with van der Waals surface area (Å²) in [4.78, 5) is 36.8. The molecule has 1 aliphatic carbocycles. The van der Waals surface area contributed by atoms with Crippen molar-refractivity contribution in [3.05, 3.63) is 0 Å². The SMILES string of the molecule is CC(C)(C)OC(=O)NCC(=O)N1[C@H](C(=O)O)C[C@@H]2CCC[C@@H]21. The van der Waals surface area contributed by atoms with E-state index in [1.807, 2.05) is 0 Å². The zero-order valence-electron chi connectivity index (χ0n) is 13.3. The molecule has 0 radical (unpaired) electrons. The fourth-order valence-electron chi connectivity index (χ4n) is 3.42. The number of rotatable bonds is 3. The van der Waals surface area contributed by atoms with Gasteiger partial charge in [-0.1, -0.05) is 6.42 Å². The molecule has 1 aliphatic heterocycles. The fourth-order valence-corrected chi connectivity index (χ4v) is 3.42. The van der Waals surface area contributed by atoms with Crippen LogP contribution in [-0.4, -0.2) is 52.2 Å². The highest BCUT2D eigenvalue weighted by Gasteiger charge is 2.48. The quantitative estimate of drug-likeness (QED) is 0.820. The molecule has 7 heteroatoms. The number of nitrogens with zero attached hydrogens (tertiary/aromatic N) is 1. The number of likely N-dealkylation sites (tertiary alicyclic amines) is 1. The van der Waals surface area contributed by atoms with E-state index in [1.54, 1.807) is 20.8 Å². The molecule has 0 unspecified atom stereocenters. The largest absolute Gasteiger partial charge is 0.480 e. The molecule has 0 aromatic heterocycles. The minimum atomic E-state index is -0.972. The maximum Gasteiger partial charge on any atom is 0.408 e. The summed E-state index contributed by atoms with van der Waals surface area (Å²) in [6, 6.07) is -0.780. The maximum atomic E-state index is 12.4. The molecule has 7 nitrogen and oxygen atoms in total. The number of carbonyl (C=O) groups excluding carboxylic acids is 2. The van der Waals surface area contributed by atoms with Crippen LogP contribution in [0, 0.1) is 5.92 Å². The zero-order chi connectivity index (χ0) is 16.5. The number of carboxylic acid groups (broad SMARTS) is 1. The van der Waals surface area contributed by atoms with Crippen molar-refractivity contribution in [1.29, 1.82) is 0 Å². The van der Waals surface area contributed by atoms with Gasteiger partial charge >= 0.3 is 12.1 Å². The van der Waals surface area contributed by atoms with Gasteiger partial charge in [0.05, 0.1) is 0 Å². The number of amides is 2. The van der Waals surface area contributed by atoms with E-state index >= 15 is 0 Å². The first-order valence-corrected chi connectivity index (χ1v) is 7.70. The first-order valence-electron chi connectivity index (χ1n) is 7.70. The number of aliphatic carboxylic acids is 1. The van der Waals surface area contributed by atoms with Crippen LogP contribution in [0.1, 0.15) is 46.5 Å². The molecule has 0 bridgehead atoms. The second-order valence-electron chi connectivity index (χ2n) is 7.00. The van der Waals surface area contributed by atoms with Gasteiger partial charge in [-0.25, -0.2) is 9.59 Å². The summed E-state index contributed by atoms with van der Waals surface area (Å²) >= 11 is 0. The van der Waals surface area contributed by atoms with Gasteiger partial charge in [0.2, 0.25) is 5.91 Å². The van der Waals surface area contributed by atoms with Crippen molar-refractivity contribution >= 4 is 18.0 Å². The molecule has 1 saturated heterocycles. The lowest BCUT2D eigenvalue weighted by atomic mass is 10.0. The highest BCUT2D eigenvalue weighted by molar-refractivity contribution is 5.87. The van der Waals surface area contributed by atoms with Gasteiger partial charge in [-0.05, 0) is 46.0 Å². The van der Waals surface area contributed by atoms with E-state index in [9.17, 15) is 19.5 Å². The van der Waals surface area contributed by atoms with Crippen LogP contribution in [0.4, 0.5) is 4.79 Å². The van der Waals surface area contributed by atoms with Crippen LogP contribution in [0.3, 0.4) is 0 Å². The number of carbonyl (C=O) groups is 3. The molecule has 2 N–H and O–H groups in total. The average molecular weight is 312 g/mol. The minimum Gasteiger partial charge on any atom is -0.480 e. The van der Waals surface area contributed by atoms with Crippen molar-refractivity contribution in [2.45, 2.75) is 64.1 Å². The van der Waals surface area contributed by atoms with Crippen molar-refractivity contribution in [2.75, 3.05) is 6.54 Å². The lowest BCUT2D eigenvalue weighted by Crippen LogP contribution is -2.49. The first kappa shape index (κ1) is 16.6. The van der Waals surface area contributed by atoms with Gasteiger partial charge in [0, 0.05) is 6.04 Å². The number of nitrogens with one attached hydrogen (secondary N) is 1. The molecule has 1 saturated carbocycles. The van der Waals surface area contributed by atoms with Crippen LogP contribution in [-0.2, 0) is 14.3 Å². The zero-order valence-corrected chi connectivity index (χ0v) is 13.3. The fraction of sp³-hybridized carbons (Fsp3) is 0.800. The standard InChI is InChI=1S/C15H24N2O5/c1-15(2,3)22-14(21)16-8-12(18)17-10-6-4-5-9(10)7-11(17)13(19)20/h9-11H,4-8H2,1-3H3,(H,16,21)(H,19,20)/t9-,10-,11-/m0/s1. The Kier molecular flexibility index (Phi) is 4.63. The van der Waals surface area contributed by atoms with E-state index in [0.717, 1.165) is 19.3 Å². The summed E-state index contributed by atoms with van der Waals surface area (Å²) in [7, 11) is 0. The average Bonchev–Trinajstić information content (AvgIpc) is 2.93. The third-order valence-electron chi connectivity index (χ3n) is 4.19. The van der Waals surface area contributed by atoms with E-state index < -0.39 is 23.7 Å². The van der Waals surface area contributed by atoms with Crippen molar-refractivity contribution in [3.63, 3.8) is 0 Å². The number of carboxylic acids is 1. The second-order valence-corrected chi connectivity index (χ2v) is 7.00. The van der Waals surface area contributed by atoms with Gasteiger partial charge in [0.1, 0.15) is 18.2 Å². The van der Waals surface area contributed by atoms with Gasteiger partial charge in [-0.2, -0.15) is 0 Å². The molecule has 124 valence electrons. The predicted octanol–water partition coefficient (Wildman–Crippen LogP) is 1.37. The van der Waals surface area contributed by atoms with Crippen LogP contribution in [0.2, 0.25) is 0 Å². The number of alkyl carbamates (subject to hydrolysis) is 1. The van der Waals surface area contributed by atoms with Crippen molar-refractivity contribution in [2.24, 2.45) is 5.92 Å². The molecule has 0 aromatic rings. The molecular formula is C15H24N2O5. The Labute approximate surface area is 130 Å². The maximum absolute atomic E-state index is 12.4. The van der Waals surface area contributed by atoms with Gasteiger partial charge in [0.15, 0.2) is 0 Å². The highest BCUT2D eigenvalue weighted by atomic mass is 16.6. The van der Waals surface area contributed by atoms with Crippen LogP contribution < -0.4 is 5.32 Å². The Morgan fingerprint density at radius 3 is 2.55 bits per heavy atom. The number of ether oxygens (including phenoxy) is 1. The molecule has 2 amide bonds. The number of hydrogen-bond acceptors (Lipinski definition) is 4. The summed E-state index contributed by atoms with van der Waals surface area (Å²) < 4.78 is 5.07. The monoisotopic (exact) mass is 312 g/mol. The number of hydrogen-bond donors (Lipinski definition) is 2. The molecule has 2 aliphatic rings. The van der Waals surface area contributed by atoms with E-state index in [4.69, 9.17) is 4.74 Å². The van der Waals surface area contributed by atoms with E-state index in [2.05, 4.69) is 5.32 Å². The van der Waals surface area contributed by atoms with Gasteiger partial charge in [0.25, 0.3) is 0 Å². The van der Waals surface area contributed by atoms with E-state index in [0.29, 0.717) is 6.42 Å². The summed E-state index contributed by atoms with van der Waals surface area (Å²) in [5.41, 5.74) is -0.638. The Balaban J connectivity index is 1.95. The Morgan fingerprint density at radius 2 is 1.95 bits per heavy atom. The van der Waals surface area contributed by atoms with Gasteiger partial charge in [-0.3, -0.25) is 4.79 Å². The van der Waals surface area contributed by atoms with Crippen molar-refractivity contribution in [3.8, 4) is 0 Å². The summed E-state index contributed by atoms with van der Waals surface area (Å²) in [6.45, 7) is 4.97. The van der Waals surface area contributed by atoms with Crippen molar-refractivity contribution < 1.29 is 24.2 Å². The molecule has 0 spiro atoms. The summed E-state index contributed by atoms with van der Waals surface area (Å²) in [5, 5.41) is 11.7. The lowest BCUT2D eigenvalue weighted by Gasteiger charge is -2.28. The Bertz CT molecular complexity index is 471. The van der Waals surface area contributed by atoms with E-state index in [-0.39, 0.29) is 24.4 Å². The topological polar surface area (TPSA) is 95.9 Å². The van der Waals surface area contributed by atoms with Crippen LogP contribution in [0.15, 0.2) is 0 Å². The molecule has 0 aromatic carbocycles. The molecule has 2 fully saturated rings. The van der Waals surface area contributed by atoms with Gasteiger partial charge < -0.3 is 20.1 Å². The third kappa shape index (κ3) is 3.69. The normalized spacial score (nSPS) is 27.4.